The molecule has 6 heteroatoms. The first-order valence-corrected chi connectivity index (χ1v) is 7.55. The van der Waals surface area contributed by atoms with E-state index in [0.717, 1.165) is 22.5 Å². The van der Waals surface area contributed by atoms with Gasteiger partial charge in [0, 0.05) is 17.0 Å². The number of Topliss-reactive ketones (excluding diaryl/α,β-unsaturated/α-hetero) is 1. The Morgan fingerprint density at radius 3 is 2.83 bits per heavy atom. The van der Waals surface area contributed by atoms with Crippen molar-refractivity contribution >= 4 is 35.0 Å². The third-order valence-electron chi connectivity index (χ3n) is 3.90. The molecular formula is C17H12N2O3S. The summed E-state index contributed by atoms with van der Waals surface area (Å²) in [6, 6.07) is 9.43. The predicted molar refractivity (Wildman–Crippen MR) is 88.7 cm³/mol. The van der Waals surface area contributed by atoms with Gasteiger partial charge in [-0.2, -0.15) is 0 Å². The second kappa shape index (κ2) is 5.17. The zero-order valence-electron chi connectivity index (χ0n) is 12.0. The summed E-state index contributed by atoms with van der Waals surface area (Å²) >= 11 is 5.00. The van der Waals surface area contributed by atoms with E-state index in [2.05, 4.69) is 10.3 Å². The minimum Gasteiger partial charge on any atom is -0.457 e. The van der Waals surface area contributed by atoms with Crippen molar-refractivity contribution in [2.24, 2.45) is 0 Å². The molecule has 2 N–H and O–H groups in total. The third kappa shape index (κ3) is 2.47. The number of nitrogens with one attached hydrogen (secondary N) is 2. The Hall–Kier alpha value is -2.73. The van der Waals surface area contributed by atoms with Crippen LogP contribution in [0.5, 0.6) is 0 Å². The lowest BCUT2D eigenvalue weighted by molar-refractivity contribution is -0.114. The maximum Gasteiger partial charge on any atom is 0.338 e. The fourth-order valence-corrected chi connectivity index (χ4v) is 2.98. The van der Waals surface area contributed by atoms with Crippen molar-refractivity contribution in [1.82, 2.24) is 10.3 Å². The van der Waals surface area contributed by atoms with Gasteiger partial charge in [-0.05, 0) is 35.9 Å². The SMILES string of the molecule is O=C1CC(=S)N/C1=C/c1ccc(-c2ccc3c(c2)COC3=O)[nH]1. The van der Waals surface area contributed by atoms with Crippen LogP contribution in [0.1, 0.15) is 28.0 Å². The number of cyclic esters (lactones) is 1. The highest BCUT2D eigenvalue weighted by molar-refractivity contribution is 7.80. The van der Waals surface area contributed by atoms with Crippen LogP contribution in [0.2, 0.25) is 0 Å². The Morgan fingerprint density at radius 1 is 1.17 bits per heavy atom. The van der Waals surface area contributed by atoms with Crippen LogP contribution in [0.25, 0.3) is 17.3 Å². The summed E-state index contributed by atoms with van der Waals surface area (Å²) in [5.41, 5.74) is 4.71. The summed E-state index contributed by atoms with van der Waals surface area (Å²) in [4.78, 5) is 27.0. The molecule has 0 spiro atoms. The molecule has 23 heavy (non-hydrogen) atoms. The quantitative estimate of drug-likeness (QED) is 0.505. The molecule has 1 fully saturated rings. The van der Waals surface area contributed by atoms with Crippen LogP contribution in [0.4, 0.5) is 0 Å². The lowest BCUT2D eigenvalue weighted by Gasteiger charge is -2.01. The number of H-pyrrole nitrogens is 1. The number of fused-ring (bicyclic) bond motifs is 1. The highest BCUT2D eigenvalue weighted by Crippen LogP contribution is 2.27. The number of hydrogen-bond acceptors (Lipinski definition) is 4. The lowest BCUT2D eigenvalue weighted by atomic mass is 10.0. The summed E-state index contributed by atoms with van der Waals surface area (Å²) in [5.74, 6) is -0.274. The van der Waals surface area contributed by atoms with Crippen molar-refractivity contribution < 1.29 is 14.3 Å². The number of allylic oxidation sites excluding steroid dienone is 1. The smallest absolute Gasteiger partial charge is 0.338 e. The van der Waals surface area contributed by atoms with Crippen LogP contribution in [-0.2, 0) is 16.1 Å². The normalized spacial score (nSPS) is 18.3. The molecule has 0 aliphatic carbocycles. The molecular weight excluding hydrogens is 312 g/mol. The van der Waals surface area contributed by atoms with Gasteiger partial charge in [-0.15, -0.1) is 0 Å². The number of ketones is 1. The van der Waals surface area contributed by atoms with Gasteiger partial charge in [0.15, 0.2) is 5.78 Å². The van der Waals surface area contributed by atoms with Gasteiger partial charge in [0.25, 0.3) is 0 Å². The molecule has 3 heterocycles. The number of thiocarbonyl (C=S) groups is 1. The van der Waals surface area contributed by atoms with Crippen molar-refractivity contribution in [3.05, 3.63) is 52.8 Å². The fraction of sp³-hybridized carbons (Fsp3) is 0.118. The van der Waals surface area contributed by atoms with Gasteiger partial charge in [-0.3, -0.25) is 4.79 Å². The van der Waals surface area contributed by atoms with E-state index in [9.17, 15) is 9.59 Å². The molecule has 5 nitrogen and oxygen atoms in total. The van der Waals surface area contributed by atoms with Crippen LogP contribution >= 0.6 is 12.2 Å². The standard InChI is InChI=1S/C17H12N2O3S/c20-15-7-16(23)19-14(15)6-11-2-4-13(18-11)9-1-3-12-10(5-9)8-22-17(12)21/h1-6,18H,7-8H2,(H,19,23)/b14-6+. The minimum atomic E-state index is -0.273. The monoisotopic (exact) mass is 324 g/mol. The van der Waals surface area contributed by atoms with Crippen LogP contribution in [0.15, 0.2) is 36.0 Å². The topological polar surface area (TPSA) is 71.2 Å². The number of benzene rings is 1. The molecule has 0 bridgehead atoms. The molecule has 1 saturated heterocycles. The zero-order valence-corrected chi connectivity index (χ0v) is 12.8. The summed E-state index contributed by atoms with van der Waals surface area (Å²) in [7, 11) is 0. The molecule has 114 valence electrons. The highest BCUT2D eigenvalue weighted by Gasteiger charge is 2.22. The molecule has 1 aromatic heterocycles. The number of carbonyl (C=O) groups is 2. The predicted octanol–water partition coefficient (Wildman–Crippen LogP) is 2.58. The van der Waals surface area contributed by atoms with Crippen molar-refractivity contribution in [1.29, 1.82) is 0 Å². The number of aromatic nitrogens is 1. The Balaban J connectivity index is 1.64. The maximum absolute atomic E-state index is 11.7. The second-order valence-electron chi connectivity index (χ2n) is 5.48. The van der Waals surface area contributed by atoms with Crippen LogP contribution in [0, 0.1) is 0 Å². The van der Waals surface area contributed by atoms with Crippen molar-refractivity contribution in [2.45, 2.75) is 13.0 Å². The molecule has 2 aliphatic heterocycles. The Labute approximate surface area is 137 Å². The summed E-state index contributed by atoms with van der Waals surface area (Å²) in [6.45, 7) is 0.315. The van der Waals surface area contributed by atoms with Gasteiger partial charge >= 0.3 is 5.97 Å². The van der Waals surface area contributed by atoms with Crippen molar-refractivity contribution in [2.75, 3.05) is 0 Å². The van der Waals surface area contributed by atoms with E-state index in [1.165, 1.54) is 0 Å². The van der Waals surface area contributed by atoms with E-state index >= 15 is 0 Å². The van der Waals surface area contributed by atoms with Crippen molar-refractivity contribution in [3.8, 4) is 11.3 Å². The number of ether oxygens (including phenoxy) is 1. The molecule has 0 unspecified atom stereocenters. The fourth-order valence-electron chi connectivity index (χ4n) is 2.74. The lowest BCUT2D eigenvalue weighted by Crippen LogP contribution is -2.10. The number of rotatable bonds is 2. The van der Waals surface area contributed by atoms with E-state index in [4.69, 9.17) is 17.0 Å². The van der Waals surface area contributed by atoms with E-state index in [-0.39, 0.29) is 18.2 Å². The zero-order chi connectivity index (χ0) is 16.0. The molecule has 1 aromatic carbocycles. The molecule has 0 amide bonds. The van der Waals surface area contributed by atoms with Gasteiger partial charge in [0.1, 0.15) is 6.61 Å². The van der Waals surface area contributed by atoms with Crippen LogP contribution in [0.3, 0.4) is 0 Å². The first-order valence-electron chi connectivity index (χ1n) is 7.14. The Bertz CT molecular complexity index is 895. The Kier molecular flexibility index (Phi) is 3.12. The van der Waals surface area contributed by atoms with E-state index in [0.29, 0.717) is 22.9 Å². The van der Waals surface area contributed by atoms with E-state index in [1.807, 2.05) is 24.3 Å². The summed E-state index contributed by atoms with van der Waals surface area (Å²) < 4.78 is 5.01. The molecule has 2 aliphatic rings. The second-order valence-corrected chi connectivity index (χ2v) is 5.97. The van der Waals surface area contributed by atoms with Crippen LogP contribution in [-0.4, -0.2) is 21.7 Å². The van der Waals surface area contributed by atoms with Gasteiger partial charge in [-0.1, -0.05) is 18.3 Å². The molecule has 0 saturated carbocycles. The maximum atomic E-state index is 11.7. The van der Waals surface area contributed by atoms with Gasteiger partial charge in [0.05, 0.1) is 22.7 Å². The van der Waals surface area contributed by atoms with Gasteiger partial charge in [0.2, 0.25) is 0 Å². The molecule has 2 aromatic rings. The average Bonchev–Trinajstić information content (AvgIpc) is 3.21. The summed E-state index contributed by atoms with van der Waals surface area (Å²) in [5, 5.41) is 2.91. The molecule has 0 atom stereocenters. The first kappa shape index (κ1) is 13.9. The number of hydrogen-bond donors (Lipinski definition) is 2. The number of carbonyl (C=O) groups excluding carboxylic acids is 2. The van der Waals surface area contributed by atoms with Crippen LogP contribution < -0.4 is 5.32 Å². The van der Waals surface area contributed by atoms with E-state index in [1.54, 1.807) is 12.1 Å². The molecule has 4 rings (SSSR count). The number of aromatic amines is 1. The largest absolute Gasteiger partial charge is 0.457 e. The van der Waals surface area contributed by atoms with Gasteiger partial charge < -0.3 is 15.0 Å². The Morgan fingerprint density at radius 2 is 2.04 bits per heavy atom. The summed E-state index contributed by atoms with van der Waals surface area (Å²) in [6.07, 6.45) is 2.03. The first-order chi connectivity index (χ1) is 11.1. The average molecular weight is 324 g/mol. The third-order valence-corrected chi connectivity index (χ3v) is 4.15. The minimum absolute atomic E-state index is 0.000609. The highest BCUT2D eigenvalue weighted by atomic mass is 32.1. The van der Waals surface area contributed by atoms with E-state index < -0.39 is 0 Å². The number of esters is 1. The molecule has 0 radical (unpaired) electrons. The van der Waals surface area contributed by atoms with Crippen molar-refractivity contribution in [3.63, 3.8) is 0 Å². The van der Waals surface area contributed by atoms with Gasteiger partial charge in [-0.25, -0.2) is 4.79 Å².